The van der Waals surface area contributed by atoms with Crippen LogP contribution in [0.4, 0.5) is 0 Å². The highest BCUT2D eigenvalue weighted by Crippen LogP contribution is 2.12. The molecular formula is C13H15N3O2. The highest BCUT2D eigenvalue weighted by atomic mass is 16.5. The van der Waals surface area contributed by atoms with E-state index in [1.54, 1.807) is 12.4 Å². The first kappa shape index (κ1) is 11.2. The summed E-state index contributed by atoms with van der Waals surface area (Å²) in [4.78, 5) is 19.2. The summed E-state index contributed by atoms with van der Waals surface area (Å²) in [5, 5.41) is 2.99. The summed E-state index contributed by atoms with van der Waals surface area (Å²) in [5.41, 5.74) is 2.40. The van der Waals surface area contributed by atoms with Crippen LogP contribution >= 0.6 is 0 Å². The van der Waals surface area contributed by atoms with Gasteiger partial charge in [-0.15, -0.1) is 0 Å². The number of fused-ring (bicyclic) bond motifs is 1. The molecule has 2 N–H and O–H groups in total. The van der Waals surface area contributed by atoms with E-state index in [1.165, 1.54) is 0 Å². The fourth-order valence-electron chi connectivity index (χ4n) is 2.20. The molecule has 18 heavy (non-hydrogen) atoms. The molecule has 1 aromatic heterocycles. The van der Waals surface area contributed by atoms with Gasteiger partial charge in [0.05, 0.1) is 30.0 Å². The maximum atomic E-state index is 12.1. The Hall–Kier alpha value is -1.88. The van der Waals surface area contributed by atoms with Crippen molar-refractivity contribution in [2.24, 2.45) is 0 Å². The Bertz CT molecular complexity index is 558. The average Bonchev–Trinajstić information content (AvgIpc) is 2.87. The van der Waals surface area contributed by atoms with Crippen LogP contribution in [0.15, 0.2) is 24.5 Å². The first-order chi connectivity index (χ1) is 8.83. The largest absolute Gasteiger partial charge is 0.379 e. The third-order valence-electron chi connectivity index (χ3n) is 3.18. The number of ether oxygens (including phenoxy) is 1. The summed E-state index contributed by atoms with van der Waals surface area (Å²) < 4.78 is 5.35. The van der Waals surface area contributed by atoms with Crippen LogP contribution < -0.4 is 5.32 Å². The fourth-order valence-corrected chi connectivity index (χ4v) is 2.20. The zero-order valence-corrected chi connectivity index (χ0v) is 9.98. The minimum atomic E-state index is -0.0537. The molecule has 1 aliphatic heterocycles. The number of hydrogen-bond acceptors (Lipinski definition) is 3. The quantitative estimate of drug-likeness (QED) is 0.842. The van der Waals surface area contributed by atoms with Crippen LogP contribution in [0.1, 0.15) is 23.2 Å². The van der Waals surface area contributed by atoms with Gasteiger partial charge in [0.25, 0.3) is 5.91 Å². The number of carbonyl (C=O) groups excluding carboxylic acids is 1. The third kappa shape index (κ3) is 2.22. The molecule has 94 valence electrons. The number of imidazole rings is 1. The van der Waals surface area contributed by atoms with Gasteiger partial charge in [0.15, 0.2) is 0 Å². The van der Waals surface area contributed by atoms with Gasteiger partial charge in [0.1, 0.15) is 0 Å². The molecule has 5 nitrogen and oxygen atoms in total. The van der Waals surface area contributed by atoms with Crippen molar-refractivity contribution in [2.75, 3.05) is 13.2 Å². The summed E-state index contributed by atoms with van der Waals surface area (Å²) in [6.45, 7) is 1.41. The minimum Gasteiger partial charge on any atom is -0.379 e. The first-order valence-corrected chi connectivity index (χ1v) is 6.15. The standard InChI is InChI=1S/C13H15N3O2/c17-13(16-10-2-1-5-18-7-10)9-3-4-11-12(6-9)15-8-14-11/h3-4,6,8,10H,1-2,5,7H2,(H,14,15)(H,16,17). The summed E-state index contributed by atoms with van der Waals surface area (Å²) >= 11 is 0. The number of rotatable bonds is 2. The van der Waals surface area contributed by atoms with Gasteiger partial charge in [0.2, 0.25) is 0 Å². The molecule has 1 aliphatic rings. The van der Waals surface area contributed by atoms with Gasteiger partial charge in [-0.05, 0) is 31.0 Å². The van der Waals surface area contributed by atoms with Gasteiger partial charge in [-0.2, -0.15) is 0 Å². The molecule has 1 fully saturated rings. The van der Waals surface area contributed by atoms with Crippen molar-refractivity contribution in [3.05, 3.63) is 30.1 Å². The highest BCUT2D eigenvalue weighted by Gasteiger charge is 2.17. The number of amides is 1. The second-order valence-electron chi connectivity index (χ2n) is 4.52. The molecular weight excluding hydrogens is 230 g/mol. The van der Waals surface area contributed by atoms with E-state index in [2.05, 4.69) is 15.3 Å². The Kier molecular flexibility index (Phi) is 2.98. The van der Waals surface area contributed by atoms with E-state index in [1.807, 2.05) is 12.1 Å². The molecule has 1 aromatic carbocycles. The molecule has 1 saturated heterocycles. The van der Waals surface area contributed by atoms with E-state index in [9.17, 15) is 4.79 Å². The number of aromatic amines is 1. The van der Waals surface area contributed by atoms with Gasteiger partial charge in [-0.25, -0.2) is 4.98 Å². The van der Waals surface area contributed by atoms with E-state index >= 15 is 0 Å². The Morgan fingerprint density at radius 3 is 3.28 bits per heavy atom. The number of aromatic nitrogens is 2. The highest BCUT2D eigenvalue weighted by molar-refractivity contribution is 5.97. The SMILES string of the molecule is O=C(NC1CCCOC1)c1ccc2nc[nH]c2c1. The molecule has 1 amide bonds. The van der Waals surface area contributed by atoms with Crippen LogP contribution in [0.3, 0.4) is 0 Å². The van der Waals surface area contributed by atoms with Crippen LogP contribution in [-0.2, 0) is 4.74 Å². The van der Waals surface area contributed by atoms with Crippen LogP contribution in [0, 0.1) is 0 Å². The van der Waals surface area contributed by atoms with Crippen molar-refractivity contribution in [1.82, 2.24) is 15.3 Å². The number of nitrogens with zero attached hydrogens (tertiary/aromatic N) is 1. The molecule has 0 radical (unpaired) electrons. The monoisotopic (exact) mass is 245 g/mol. The molecule has 1 atom stereocenters. The molecule has 5 heteroatoms. The second kappa shape index (κ2) is 4.78. The lowest BCUT2D eigenvalue weighted by molar-refractivity contribution is 0.0624. The van der Waals surface area contributed by atoms with E-state index in [-0.39, 0.29) is 11.9 Å². The molecule has 0 bridgehead atoms. The molecule has 0 saturated carbocycles. The van der Waals surface area contributed by atoms with Crippen LogP contribution in [0.2, 0.25) is 0 Å². The summed E-state index contributed by atoms with van der Waals surface area (Å²) in [5.74, 6) is -0.0537. The lowest BCUT2D eigenvalue weighted by atomic mass is 10.1. The van der Waals surface area contributed by atoms with Gasteiger partial charge in [-0.3, -0.25) is 4.79 Å². The number of hydrogen-bond donors (Lipinski definition) is 2. The van der Waals surface area contributed by atoms with Gasteiger partial charge in [-0.1, -0.05) is 0 Å². The third-order valence-corrected chi connectivity index (χ3v) is 3.18. The van der Waals surface area contributed by atoms with Crippen LogP contribution in [0.5, 0.6) is 0 Å². The van der Waals surface area contributed by atoms with Crippen LogP contribution in [-0.4, -0.2) is 35.1 Å². The number of H-pyrrole nitrogens is 1. The Labute approximate surface area is 105 Å². The topological polar surface area (TPSA) is 67.0 Å². The van der Waals surface area contributed by atoms with Crippen molar-refractivity contribution in [1.29, 1.82) is 0 Å². The summed E-state index contributed by atoms with van der Waals surface area (Å²) in [7, 11) is 0. The predicted molar refractivity (Wildman–Crippen MR) is 67.4 cm³/mol. The normalized spacial score (nSPS) is 19.9. The molecule has 2 aromatic rings. The summed E-state index contributed by atoms with van der Waals surface area (Å²) in [6.07, 6.45) is 3.61. The molecule has 1 unspecified atom stereocenters. The Morgan fingerprint density at radius 2 is 2.44 bits per heavy atom. The van der Waals surface area contributed by atoms with Gasteiger partial charge < -0.3 is 15.0 Å². The zero-order valence-electron chi connectivity index (χ0n) is 9.98. The average molecular weight is 245 g/mol. The zero-order chi connectivity index (χ0) is 12.4. The second-order valence-corrected chi connectivity index (χ2v) is 4.52. The Morgan fingerprint density at radius 1 is 1.50 bits per heavy atom. The van der Waals surface area contributed by atoms with Crippen molar-refractivity contribution in [2.45, 2.75) is 18.9 Å². The maximum Gasteiger partial charge on any atom is 0.251 e. The predicted octanol–water partition coefficient (Wildman–Crippen LogP) is 1.47. The van der Waals surface area contributed by atoms with E-state index in [0.29, 0.717) is 12.2 Å². The summed E-state index contributed by atoms with van der Waals surface area (Å²) in [6, 6.07) is 5.59. The number of benzene rings is 1. The number of carbonyl (C=O) groups is 1. The lowest BCUT2D eigenvalue weighted by Crippen LogP contribution is -2.40. The molecule has 0 aliphatic carbocycles. The van der Waals surface area contributed by atoms with E-state index < -0.39 is 0 Å². The Balaban J connectivity index is 1.74. The van der Waals surface area contributed by atoms with E-state index in [0.717, 1.165) is 30.5 Å². The van der Waals surface area contributed by atoms with Crippen LogP contribution in [0.25, 0.3) is 11.0 Å². The first-order valence-electron chi connectivity index (χ1n) is 6.15. The smallest absolute Gasteiger partial charge is 0.251 e. The van der Waals surface area contributed by atoms with Crippen molar-refractivity contribution in [3.8, 4) is 0 Å². The van der Waals surface area contributed by atoms with E-state index in [4.69, 9.17) is 4.74 Å². The van der Waals surface area contributed by atoms with Crippen molar-refractivity contribution < 1.29 is 9.53 Å². The molecule has 2 heterocycles. The van der Waals surface area contributed by atoms with Gasteiger partial charge in [0, 0.05) is 12.2 Å². The molecule has 3 rings (SSSR count). The lowest BCUT2D eigenvalue weighted by Gasteiger charge is -2.23. The fraction of sp³-hybridized carbons (Fsp3) is 0.385. The molecule has 0 spiro atoms. The van der Waals surface area contributed by atoms with Crippen molar-refractivity contribution in [3.63, 3.8) is 0 Å². The number of nitrogens with one attached hydrogen (secondary N) is 2. The van der Waals surface area contributed by atoms with Gasteiger partial charge >= 0.3 is 0 Å². The minimum absolute atomic E-state index is 0.0537. The van der Waals surface area contributed by atoms with Crippen molar-refractivity contribution >= 4 is 16.9 Å². The maximum absolute atomic E-state index is 12.1.